The van der Waals surface area contributed by atoms with Gasteiger partial charge in [0, 0.05) is 79.1 Å². The molecular formula is C40H43N6O8S+. The highest BCUT2D eigenvalue weighted by molar-refractivity contribution is 7.80. The number of hydrogen-bond donors (Lipinski definition) is 3. The van der Waals surface area contributed by atoms with Crippen LogP contribution in [0.1, 0.15) is 66.2 Å². The molecule has 5 aliphatic rings. The lowest BCUT2D eigenvalue weighted by Gasteiger charge is -2.60. The van der Waals surface area contributed by atoms with Gasteiger partial charge in [0.15, 0.2) is 23.0 Å². The summed E-state index contributed by atoms with van der Waals surface area (Å²) in [5.41, 5.74) is 3.37. The van der Waals surface area contributed by atoms with Crippen molar-refractivity contribution in [2.75, 3.05) is 27.5 Å². The van der Waals surface area contributed by atoms with E-state index in [1.807, 2.05) is 26.1 Å². The van der Waals surface area contributed by atoms with E-state index < -0.39 is 46.2 Å². The van der Waals surface area contributed by atoms with Gasteiger partial charge >= 0.3 is 17.8 Å². The Morgan fingerprint density at radius 3 is 2.45 bits per heavy atom. The minimum Gasteiger partial charge on any atom is -0.504 e. The highest BCUT2D eigenvalue weighted by Gasteiger charge is 2.71. The van der Waals surface area contributed by atoms with Gasteiger partial charge in [0.05, 0.1) is 32.2 Å². The van der Waals surface area contributed by atoms with Gasteiger partial charge in [-0.2, -0.15) is 5.26 Å². The Morgan fingerprint density at radius 2 is 1.82 bits per heavy atom. The molecule has 0 spiro atoms. The van der Waals surface area contributed by atoms with E-state index in [4.69, 9.17) is 31.2 Å². The zero-order valence-electron chi connectivity index (χ0n) is 31.7. The molecule has 15 heteroatoms. The zero-order valence-corrected chi connectivity index (χ0v) is 32.5. The van der Waals surface area contributed by atoms with Crippen LogP contribution in [-0.4, -0.2) is 89.1 Å². The van der Waals surface area contributed by atoms with Crippen LogP contribution in [0.2, 0.25) is 0 Å². The molecule has 3 unspecified atom stereocenters. The molecule has 2 fully saturated rings. The number of thiocarbonyl (C=S) groups is 1. The molecule has 3 aromatic rings. The topological polar surface area (TPSA) is 163 Å². The third kappa shape index (κ3) is 4.88. The van der Waals surface area contributed by atoms with Gasteiger partial charge < -0.3 is 29.4 Å². The third-order valence-corrected chi connectivity index (χ3v) is 12.7. The summed E-state index contributed by atoms with van der Waals surface area (Å²) in [6.07, 6.45) is 0.786. The first-order valence-corrected chi connectivity index (χ1v) is 18.6. The molecule has 3 aromatic carbocycles. The molecule has 0 saturated carbocycles. The molecule has 14 nitrogen and oxygen atoms in total. The highest BCUT2D eigenvalue weighted by atomic mass is 32.1. The van der Waals surface area contributed by atoms with E-state index in [2.05, 4.69) is 26.5 Å². The number of aryl methyl sites for hydroxylation is 1. The molecule has 5 aliphatic heterocycles. The van der Waals surface area contributed by atoms with Crippen molar-refractivity contribution in [3.63, 3.8) is 0 Å². The number of methoxy groups -OCH3 is 1. The van der Waals surface area contributed by atoms with Crippen LogP contribution in [0.3, 0.4) is 0 Å². The number of carbonyl (C=O) groups excluding carboxylic acids is 3. The van der Waals surface area contributed by atoms with Crippen molar-refractivity contribution in [3.05, 3.63) is 69.8 Å². The summed E-state index contributed by atoms with van der Waals surface area (Å²) in [6.45, 7) is 7.98. The van der Waals surface area contributed by atoms with Gasteiger partial charge in [0.25, 0.3) is 10.8 Å². The van der Waals surface area contributed by atoms with E-state index >= 15 is 0 Å². The zero-order chi connectivity index (χ0) is 39.3. The number of nitriles is 1. The number of aromatic hydroxyl groups is 1. The van der Waals surface area contributed by atoms with Gasteiger partial charge in [-0.3, -0.25) is 24.7 Å². The lowest BCUT2D eigenvalue weighted by molar-refractivity contribution is -0.145. The molecule has 0 aliphatic carbocycles. The molecule has 2 amide bonds. The fourth-order valence-corrected chi connectivity index (χ4v) is 10.7. The van der Waals surface area contributed by atoms with Crippen molar-refractivity contribution < 1.29 is 38.4 Å². The Hall–Kier alpha value is -5.27. The number of piperazine rings is 1. The molecule has 8 rings (SSSR count). The fourth-order valence-electron chi connectivity index (χ4n) is 10.1. The van der Waals surface area contributed by atoms with E-state index in [1.165, 1.54) is 21.0 Å². The average molecular weight is 768 g/mol. The number of amides is 2. The molecule has 55 heavy (non-hydrogen) atoms. The Morgan fingerprint density at radius 1 is 1.11 bits per heavy atom. The monoisotopic (exact) mass is 767 g/mol. The normalized spacial score (nSPS) is 28.7. The first-order chi connectivity index (χ1) is 26.2. The number of phenolic OH excluding ortho intramolecular Hbond substituents is 1. The summed E-state index contributed by atoms with van der Waals surface area (Å²) in [4.78, 5) is 45.1. The van der Waals surface area contributed by atoms with E-state index in [9.17, 15) is 24.8 Å². The lowest BCUT2D eigenvalue weighted by atomic mass is 9.71. The molecule has 2 saturated heterocycles. The van der Waals surface area contributed by atoms with Crippen LogP contribution >= 0.6 is 12.2 Å². The first-order valence-electron chi connectivity index (χ1n) is 18.2. The minimum absolute atomic E-state index is 0.0329. The van der Waals surface area contributed by atoms with Crippen molar-refractivity contribution in [2.24, 2.45) is 0 Å². The van der Waals surface area contributed by atoms with Gasteiger partial charge in [-0.15, -0.1) is 4.48 Å². The van der Waals surface area contributed by atoms with Crippen LogP contribution in [0.25, 0.3) is 0 Å². The van der Waals surface area contributed by atoms with Crippen LogP contribution in [0, 0.1) is 25.2 Å². The second-order valence-electron chi connectivity index (χ2n) is 15.1. The predicted octanol–water partition coefficient (Wildman–Crippen LogP) is 3.72. The molecule has 5 heterocycles. The quantitative estimate of drug-likeness (QED) is 0.144. The van der Waals surface area contributed by atoms with E-state index in [1.54, 1.807) is 38.1 Å². The van der Waals surface area contributed by atoms with E-state index in [0.29, 0.717) is 63.8 Å². The smallest absolute Gasteiger partial charge is 0.325 e. The molecule has 0 radical (unpaired) electrons. The molecule has 0 aromatic heterocycles. The maximum Gasteiger partial charge on any atom is 0.325 e. The Labute approximate surface area is 324 Å². The van der Waals surface area contributed by atoms with Crippen molar-refractivity contribution in [1.82, 2.24) is 24.9 Å². The van der Waals surface area contributed by atoms with Gasteiger partial charge in [0.2, 0.25) is 6.79 Å². The van der Waals surface area contributed by atoms with Gasteiger partial charge in [0.1, 0.15) is 17.5 Å². The van der Waals surface area contributed by atoms with Crippen molar-refractivity contribution in [1.29, 1.82) is 5.26 Å². The lowest BCUT2D eigenvalue weighted by Crippen LogP contribution is -2.92. The predicted molar refractivity (Wildman–Crippen MR) is 204 cm³/mol. The molecule has 2 bridgehead atoms. The number of para-hydroxylation sites is 1. The standard InChI is InChI=1S/C40H42N6O8S/c1-19-13-23-14-26-28(16-41)45-27(32(44(26)6)30(23)33(49)34(19)51-7)15-25-31(37-36(52-18-53-37)20(2)35(25)54-22(4)48)29(45)17-42-38(50)40(5)43-39(55)46(40,21(3)47)24-11-9-8-10-12-24/h8-13,26-29,32H,14-15,17-18H2,1-7H3,(H2-,42,43,49,50,55)/p+1/t26-,27?,28-,29-,32-,40?,46?/m0/s1. The van der Waals surface area contributed by atoms with E-state index in [0.717, 1.165) is 11.1 Å². The summed E-state index contributed by atoms with van der Waals surface area (Å²) in [5, 5.41) is 29.3. The van der Waals surface area contributed by atoms with Gasteiger partial charge in [-0.05, 0) is 44.9 Å². The van der Waals surface area contributed by atoms with Gasteiger partial charge in [-0.1, -0.05) is 24.3 Å². The minimum atomic E-state index is -1.51. The average Bonchev–Trinajstić information content (AvgIpc) is 3.63. The summed E-state index contributed by atoms with van der Waals surface area (Å²) < 4.78 is 23.3. The molecule has 3 N–H and O–H groups in total. The van der Waals surface area contributed by atoms with Crippen LogP contribution in [0.15, 0.2) is 36.4 Å². The molecule has 7 atom stereocenters. The molecule has 286 valence electrons. The largest absolute Gasteiger partial charge is 0.504 e. The number of phenols is 1. The second kappa shape index (κ2) is 12.9. The van der Waals surface area contributed by atoms with Crippen molar-refractivity contribution >= 4 is 40.8 Å². The number of esters is 1. The maximum absolute atomic E-state index is 14.6. The molecular weight excluding hydrogens is 725 g/mol. The van der Waals surface area contributed by atoms with Crippen molar-refractivity contribution in [3.8, 4) is 34.8 Å². The fraction of sp³-hybridized carbons (Fsp3) is 0.425. The number of ether oxygens (including phenoxy) is 4. The van der Waals surface area contributed by atoms with Crippen LogP contribution < -0.4 is 34.1 Å². The van der Waals surface area contributed by atoms with Crippen LogP contribution in [0.5, 0.6) is 28.7 Å². The highest BCUT2D eigenvalue weighted by Crippen LogP contribution is 2.58. The Balaban J connectivity index is 1.29. The summed E-state index contributed by atoms with van der Waals surface area (Å²) in [7, 11) is 3.49. The third-order valence-electron chi connectivity index (χ3n) is 12.4. The first kappa shape index (κ1) is 36.7. The number of nitrogens with zero attached hydrogens (tertiary/aromatic N) is 4. The van der Waals surface area contributed by atoms with E-state index in [-0.39, 0.29) is 36.1 Å². The summed E-state index contributed by atoms with van der Waals surface area (Å²) in [5.74, 6) is 0.283. The van der Waals surface area contributed by atoms with Crippen LogP contribution in [0.4, 0.5) is 5.69 Å². The van der Waals surface area contributed by atoms with Crippen molar-refractivity contribution in [2.45, 2.75) is 83.3 Å². The second-order valence-corrected chi connectivity index (χ2v) is 15.5. The number of quaternary nitrogens is 1. The number of nitrogens with one attached hydrogen (secondary N) is 2. The number of benzene rings is 3. The Kier molecular flexibility index (Phi) is 8.61. The number of carbonyl (C=O) groups is 3. The number of hydrogen-bond acceptors (Lipinski definition) is 12. The SMILES string of the molecule is COc1c(C)cc2c(c1O)[C@@H]1C3Cc4c(OC(C)=O)c(C)c5c(c4[C@H](CNC(=O)C4(C)NC(=S)[N+]4(C(C)=O)c4ccccc4)N3[C@@H](C#N)[C@H](C2)N1C)OCO5. The van der Waals surface area contributed by atoms with Gasteiger partial charge in [-0.25, -0.2) is 4.79 Å². The van der Waals surface area contributed by atoms with Crippen LogP contribution in [-0.2, 0) is 27.2 Å². The summed E-state index contributed by atoms with van der Waals surface area (Å²) >= 11 is 5.66. The Bertz CT molecular complexity index is 2230. The maximum atomic E-state index is 14.6. The number of fused-ring (bicyclic) bond motifs is 9. The number of likely N-dealkylation sites (N-methyl/N-ethyl adjacent to an activating group) is 1. The summed E-state index contributed by atoms with van der Waals surface area (Å²) in [6, 6.07) is 11.0. The number of rotatable bonds is 6.